The summed E-state index contributed by atoms with van der Waals surface area (Å²) < 4.78 is 0. The average molecular weight is 389 g/mol. The Bertz CT molecular complexity index is 678. The van der Waals surface area contributed by atoms with Gasteiger partial charge in [0.15, 0.2) is 0 Å². The smallest absolute Gasteiger partial charge is 0.250 e. The molecule has 5 heteroatoms. The molecule has 1 atom stereocenters. The van der Waals surface area contributed by atoms with E-state index in [9.17, 15) is 9.59 Å². The highest BCUT2D eigenvalue weighted by Crippen LogP contribution is 2.37. The van der Waals surface area contributed by atoms with Crippen LogP contribution in [0.4, 0.5) is 0 Å². The summed E-state index contributed by atoms with van der Waals surface area (Å²) in [6, 6.07) is 7.40. The molecule has 1 aromatic rings. The maximum atomic E-state index is 13.6. The fourth-order valence-electron chi connectivity index (χ4n) is 5.15. The second-order valence-corrected chi connectivity index (χ2v) is 8.74. The highest BCUT2D eigenvalue weighted by molar-refractivity contribution is 6.30. The number of rotatable bonds is 3. The summed E-state index contributed by atoms with van der Waals surface area (Å²) >= 11 is 6.08. The third-order valence-electron chi connectivity index (χ3n) is 6.56. The number of nitrogens with zero attached hydrogens (tertiary/aromatic N) is 2. The van der Waals surface area contributed by atoms with Crippen molar-refractivity contribution in [2.75, 3.05) is 6.54 Å². The lowest BCUT2D eigenvalue weighted by atomic mass is 9.88. The molecule has 3 aliphatic rings. The van der Waals surface area contributed by atoms with Crippen LogP contribution in [0.2, 0.25) is 5.02 Å². The molecule has 1 unspecified atom stereocenters. The van der Waals surface area contributed by atoms with E-state index in [0.29, 0.717) is 5.02 Å². The number of hydrogen-bond donors (Lipinski definition) is 0. The Morgan fingerprint density at radius 3 is 1.93 bits per heavy atom. The molecule has 0 spiro atoms. The van der Waals surface area contributed by atoms with Gasteiger partial charge in [-0.25, -0.2) is 0 Å². The van der Waals surface area contributed by atoms with Crippen molar-refractivity contribution in [2.45, 2.75) is 82.3 Å². The zero-order chi connectivity index (χ0) is 18.8. The van der Waals surface area contributed by atoms with E-state index in [0.717, 1.165) is 56.9 Å². The van der Waals surface area contributed by atoms with Gasteiger partial charge in [-0.3, -0.25) is 9.59 Å². The molecule has 1 aliphatic heterocycles. The van der Waals surface area contributed by atoms with E-state index in [-0.39, 0.29) is 30.4 Å². The van der Waals surface area contributed by atoms with Crippen LogP contribution in [0, 0.1) is 0 Å². The van der Waals surface area contributed by atoms with Crippen LogP contribution in [0.5, 0.6) is 0 Å². The van der Waals surface area contributed by atoms with Gasteiger partial charge in [0.05, 0.1) is 0 Å². The van der Waals surface area contributed by atoms with Gasteiger partial charge in [0.25, 0.3) is 5.91 Å². The van der Waals surface area contributed by atoms with Crippen LogP contribution in [-0.4, -0.2) is 40.2 Å². The van der Waals surface area contributed by atoms with Gasteiger partial charge in [-0.2, -0.15) is 0 Å². The zero-order valence-corrected chi connectivity index (χ0v) is 16.7. The van der Waals surface area contributed by atoms with Crippen LogP contribution in [0.25, 0.3) is 0 Å². The summed E-state index contributed by atoms with van der Waals surface area (Å²) in [5.74, 6) is 0.224. The maximum absolute atomic E-state index is 13.6. The van der Waals surface area contributed by atoms with E-state index < -0.39 is 6.04 Å². The van der Waals surface area contributed by atoms with Gasteiger partial charge in [0.2, 0.25) is 5.91 Å². The van der Waals surface area contributed by atoms with Crippen molar-refractivity contribution in [1.29, 1.82) is 0 Å². The summed E-state index contributed by atoms with van der Waals surface area (Å²) in [6.07, 6.45) is 11.1. The van der Waals surface area contributed by atoms with E-state index >= 15 is 0 Å². The van der Waals surface area contributed by atoms with Crippen LogP contribution in [0.3, 0.4) is 0 Å². The lowest BCUT2D eigenvalue weighted by molar-refractivity contribution is -0.162. The molecule has 4 rings (SSSR count). The third kappa shape index (κ3) is 3.87. The fourth-order valence-corrected chi connectivity index (χ4v) is 5.27. The first-order valence-corrected chi connectivity index (χ1v) is 10.9. The van der Waals surface area contributed by atoms with Crippen LogP contribution >= 0.6 is 11.6 Å². The van der Waals surface area contributed by atoms with Crippen LogP contribution in [0.1, 0.15) is 75.8 Å². The second kappa shape index (κ2) is 8.22. The lowest BCUT2D eigenvalue weighted by Crippen LogP contribution is -2.61. The van der Waals surface area contributed by atoms with Crippen molar-refractivity contribution < 1.29 is 9.59 Å². The molecule has 146 valence electrons. The van der Waals surface area contributed by atoms with Crippen LogP contribution in [0.15, 0.2) is 24.3 Å². The molecule has 27 heavy (non-hydrogen) atoms. The monoisotopic (exact) mass is 388 g/mol. The van der Waals surface area contributed by atoms with Gasteiger partial charge >= 0.3 is 0 Å². The first-order chi connectivity index (χ1) is 13.1. The summed E-state index contributed by atoms with van der Waals surface area (Å²) in [6.45, 7) is 0.254. The highest BCUT2D eigenvalue weighted by atomic mass is 35.5. The largest absolute Gasteiger partial charge is 0.328 e. The molecule has 1 saturated heterocycles. The summed E-state index contributed by atoms with van der Waals surface area (Å²) in [5, 5.41) is 0.654. The molecule has 1 aromatic carbocycles. The predicted molar refractivity (Wildman–Crippen MR) is 106 cm³/mol. The summed E-state index contributed by atoms with van der Waals surface area (Å²) in [5.41, 5.74) is 0.892. The number of amides is 2. The minimum atomic E-state index is -0.492. The second-order valence-electron chi connectivity index (χ2n) is 8.30. The molecule has 2 saturated carbocycles. The Labute approximate surface area is 166 Å². The predicted octanol–water partition coefficient (Wildman–Crippen LogP) is 4.72. The van der Waals surface area contributed by atoms with E-state index in [2.05, 4.69) is 0 Å². The van der Waals surface area contributed by atoms with Gasteiger partial charge in [-0.15, -0.1) is 0 Å². The van der Waals surface area contributed by atoms with E-state index in [1.165, 1.54) is 12.8 Å². The van der Waals surface area contributed by atoms with Gasteiger partial charge < -0.3 is 9.80 Å². The van der Waals surface area contributed by atoms with Crippen LogP contribution < -0.4 is 0 Å². The minimum Gasteiger partial charge on any atom is -0.328 e. The van der Waals surface area contributed by atoms with Crippen molar-refractivity contribution in [3.63, 3.8) is 0 Å². The molecule has 3 fully saturated rings. The highest BCUT2D eigenvalue weighted by Gasteiger charge is 2.45. The zero-order valence-electron chi connectivity index (χ0n) is 15.9. The number of halogens is 1. The molecule has 0 N–H and O–H groups in total. The molecule has 0 radical (unpaired) electrons. The van der Waals surface area contributed by atoms with E-state index in [4.69, 9.17) is 11.6 Å². The number of benzene rings is 1. The Balaban J connectivity index is 1.67. The first-order valence-electron chi connectivity index (χ1n) is 10.5. The fraction of sp³-hybridized carbons (Fsp3) is 0.636. The summed E-state index contributed by atoms with van der Waals surface area (Å²) in [4.78, 5) is 30.7. The minimum absolute atomic E-state index is 0.106. The third-order valence-corrected chi connectivity index (χ3v) is 6.81. The molecular weight excluding hydrogens is 360 g/mol. The summed E-state index contributed by atoms with van der Waals surface area (Å²) in [7, 11) is 0. The molecule has 2 aliphatic carbocycles. The first kappa shape index (κ1) is 18.8. The number of carbonyl (C=O) groups excluding carboxylic acids is 2. The number of carbonyl (C=O) groups is 2. The van der Waals surface area contributed by atoms with Gasteiger partial charge in [0, 0.05) is 17.1 Å². The van der Waals surface area contributed by atoms with Gasteiger partial charge in [-0.1, -0.05) is 62.3 Å². The SMILES string of the molecule is O=C1C(c2ccc(Cl)cc2)N(C2CCCCC2)C(=O)CN1C1CCCCC1. The van der Waals surface area contributed by atoms with E-state index in [1.807, 2.05) is 34.1 Å². The molecule has 0 bridgehead atoms. The quantitative estimate of drug-likeness (QED) is 0.751. The molecule has 2 amide bonds. The normalized spacial score (nSPS) is 25.9. The Hall–Kier alpha value is -1.55. The Kier molecular flexibility index (Phi) is 5.72. The van der Waals surface area contributed by atoms with Crippen molar-refractivity contribution in [3.8, 4) is 0 Å². The lowest BCUT2D eigenvalue weighted by Gasteiger charge is -2.48. The Morgan fingerprint density at radius 2 is 1.33 bits per heavy atom. The maximum Gasteiger partial charge on any atom is 0.250 e. The van der Waals surface area contributed by atoms with Crippen molar-refractivity contribution in [1.82, 2.24) is 9.80 Å². The molecule has 1 heterocycles. The van der Waals surface area contributed by atoms with Crippen molar-refractivity contribution in [2.24, 2.45) is 0 Å². The topological polar surface area (TPSA) is 40.6 Å². The van der Waals surface area contributed by atoms with Crippen molar-refractivity contribution >= 4 is 23.4 Å². The molecular formula is C22H29ClN2O2. The average Bonchev–Trinajstić information content (AvgIpc) is 2.71. The van der Waals surface area contributed by atoms with Crippen LogP contribution in [-0.2, 0) is 9.59 Å². The van der Waals surface area contributed by atoms with E-state index in [1.54, 1.807) is 0 Å². The van der Waals surface area contributed by atoms with Gasteiger partial charge in [0.1, 0.15) is 12.6 Å². The van der Waals surface area contributed by atoms with Gasteiger partial charge in [-0.05, 0) is 43.4 Å². The molecule has 4 nitrogen and oxygen atoms in total. The number of piperazine rings is 1. The Morgan fingerprint density at radius 1 is 0.778 bits per heavy atom. The number of hydrogen-bond acceptors (Lipinski definition) is 2. The standard InChI is InChI=1S/C22H29ClN2O2/c23-17-13-11-16(12-14-17)21-22(27)24(18-7-3-1-4-8-18)15-20(26)25(21)19-9-5-2-6-10-19/h11-14,18-19,21H,1-10,15H2. The molecule has 0 aromatic heterocycles. The van der Waals surface area contributed by atoms with Crippen molar-refractivity contribution in [3.05, 3.63) is 34.9 Å².